The maximum absolute atomic E-state index is 13.6. The summed E-state index contributed by atoms with van der Waals surface area (Å²) in [6, 6.07) is 14.7. The summed E-state index contributed by atoms with van der Waals surface area (Å²) in [6.07, 6.45) is 0. The van der Waals surface area contributed by atoms with Gasteiger partial charge in [0.1, 0.15) is 5.82 Å². The normalized spacial score (nSPS) is 10.9. The molecule has 0 N–H and O–H groups in total. The minimum atomic E-state index is -0.413. The molecule has 0 saturated heterocycles. The van der Waals surface area contributed by atoms with Crippen LogP contribution in [-0.4, -0.2) is 27.3 Å². The van der Waals surface area contributed by atoms with E-state index < -0.39 is 5.82 Å². The van der Waals surface area contributed by atoms with Crippen LogP contribution in [0, 0.1) is 11.7 Å². The van der Waals surface area contributed by atoms with Gasteiger partial charge >= 0.3 is 6.01 Å². The van der Waals surface area contributed by atoms with Crippen molar-refractivity contribution in [1.82, 2.24) is 14.8 Å². The number of rotatable bonds is 5. The van der Waals surface area contributed by atoms with Crippen molar-refractivity contribution in [3.63, 3.8) is 0 Å². The van der Waals surface area contributed by atoms with Gasteiger partial charge in [-0.3, -0.25) is 4.79 Å². The fourth-order valence-corrected chi connectivity index (χ4v) is 2.25. The van der Waals surface area contributed by atoms with Gasteiger partial charge in [-0.15, -0.1) is 5.10 Å². The second-order valence-corrected chi connectivity index (χ2v) is 6.02. The molecule has 25 heavy (non-hydrogen) atoms. The Morgan fingerprint density at radius 3 is 2.60 bits per heavy atom. The third-order valence-electron chi connectivity index (χ3n) is 3.43. The van der Waals surface area contributed by atoms with E-state index >= 15 is 0 Å². The topological polar surface area (TPSA) is 57.0 Å². The van der Waals surface area contributed by atoms with E-state index in [4.69, 9.17) is 4.74 Å². The van der Waals surface area contributed by atoms with Gasteiger partial charge in [-0.25, -0.2) is 4.39 Å². The largest absolute Gasteiger partial charge is 0.462 e. The molecule has 3 rings (SSSR count). The zero-order valence-corrected chi connectivity index (χ0v) is 14.0. The van der Waals surface area contributed by atoms with E-state index in [0.29, 0.717) is 17.7 Å². The first kappa shape index (κ1) is 16.8. The number of nitrogens with zero attached hydrogens (tertiary/aromatic N) is 3. The molecular formula is C19H18FN3O2. The maximum atomic E-state index is 13.6. The molecule has 0 aliphatic rings. The van der Waals surface area contributed by atoms with Crippen LogP contribution in [0.5, 0.6) is 6.01 Å². The Hall–Kier alpha value is -3.02. The summed E-state index contributed by atoms with van der Waals surface area (Å²) in [5, 5.41) is 4.18. The van der Waals surface area contributed by atoms with Crippen molar-refractivity contribution >= 4 is 5.91 Å². The Kier molecular flexibility index (Phi) is 4.88. The van der Waals surface area contributed by atoms with Crippen molar-refractivity contribution in [3.05, 3.63) is 66.0 Å². The molecule has 6 heteroatoms. The van der Waals surface area contributed by atoms with E-state index in [2.05, 4.69) is 10.1 Å². The average molecular weight is 339 g/mol. The zero-order valence-electron chi connectivity index (χ0n) is 14.0. The van der Waals surface area contributed by atoms with Crippen LogP contribution < -0.4 is 4.74 Å². The number of hydrogen-bond donors (Lipinski definition) is 0. The average Bonchev–Trinajstić information content (AvgIpc) is 3.04. The van der Waals surface area contributed by atoms with Crippen molar-refractivity contribution in [2.75, 3.05) is 6.61 Å². The molecule has 3 aromatic rings. The molecular weight excluding hydrogens is 321 g/mol. The summed E-state index contributed by atoms with van der Waals surface area (Å²) in [6.45, 7) is 4.42. The minimum Gasteiger partial charge on any atom is -0.462 e. The lowest BCUT2D eigenvalue weighted by atomic mass is 10.2. The number of hydrogen-bond acceptors (Lipinski definition) is 4. The molecule has 0 fully saturated rings. The molecule has 0 aliphatic heterocycles. The number of benzene rings is 2. The van der Waals surface area contributed by atoms with Crippen LogP contribution in [0.25, 0.3) is 11.4 Å². The lowest BCUT2D eigenvalue weighted by Crippen LogP contribution is -2.15. The predicted octanol–water partition coefficient (Wildman–Crippen LogP) is 3.81. The molecule has 0 amide bonds. The second kappa shape index (κ2) is 7.25. The van der Waals surface area contributed by atoms with Gasteiger partial charge in [0.15, 0.2) is 5.82 Å². The standard InChI is InChI=1S/C19H18FN3O2/c1-13(2)12-25-19-21-17(15-9-6-10-16(20)11-15)23(22-19)18(24)14-7-4-3-5-8-14/h3-11,13H,12H2,1-2H3. The highest BCUT2D eigenvalue weighted by molar-refractivity contribution is 5.97. The first-order chi connectivity index (χ1) is 12.0. The maximum Gasteiger partial charge on any atom is 0.336 e. The molecule has 0 radical (unpaired) electrons. The fraction of sp³-hybridized carbons (Fsp3) is 0.211. The molecule has 5 nitrogen and oxygen atoms in total. The second-order valence-electron chi connectivity index (χ2n) is 6.02. The lowest BCUT2D eigenvalue weighted by molar-refractivity contribution is 0.0944. The van der Waals surface area contributed by atoms with Crippen LogP contribution in [0.1, 0.15) is 24.2 Å². The first-order valence-electron chi connectivity index (χ1n) is 8.00. The van der Waals surface area contributed by atoms with Gasteiger partial charge in [-0.05, 0) is 30.2 Å². The Labute approximate surface area is 145 Å². The summed E-state index contributed by atoms with van der Waals surface area (Å²) < 4.78 is 20.3. The van der Waals surface area contributed by atoms with E-state index in [9.17, 15) is 9.18 Å². The summed E-state index contributed by atoms with van der Waals surface area (Å²) in [7, 11) is 0. The highest BCUT2D eigenvalue weighted by atomic mass is 19.1. The molecule has 0 spiro atoms. The van der Waals surface area contributed by atoms with Crippen molar-refractivity contribution in [3.8, 4) is 17.4 Å². The van der Waals surface area contributed by atoms with Crippen molar-refractivity contribution < 1.29 is 13.9 Å². The Morgan fingerprint density at radius 1 is 1.16 bits per heavy atom. The van der Waals surface area contributed by atoms with Gasteiger partial charge in [-0.1, -0.05) is 44.2 Å². The highest BCUT2D eigenvalue weighted by Gasteiger charge is 2.20. The van der Waals surface area contributed by atoms with E-state index in [1.165, 1.54) is 12.1 Å². The summed E-state index contributed by atoms with van der Waals surface area (Å²) in [5.41, 5.74) is 0.914. The van der Waals surface area contributed by atoms with Crippen LogP contribution >= 0.6 is 0 Å². The lowest BCUT2D eigenvalue weighted by Gasteiger charge is -2.04. The quantitative estimate of drug-likeness (QED) is 0.709. The van der Waals surface area contributed by atoms with E-state index in [1.807, 2.05) is 19.9 Å². The number of ether oxygens (including phenoxy) is 1. The first-order valence-corrected chi connectivity index (χ1v) is 8.00. The van der Waals surface area contributed by atoms with Gasteiger partial charge in [0.2, 0.25) is 0 Å². The van der Waals surface area contributed by atoms with E-state index in [0.717, 1.165) is 4.68 Å². The molecule has 1 aromatic heterocycles. The Morgan fingerprint density at radius 2 is 1.92 bits per heavy atom. The highest BCUT2D eigenvalue weighted by Crippen LogP contribution is 2.22. The fourth-order valence-electron chi connectivity index (χ4n) is 2.25. The van der Waals surface area contributed by atoms with Crippen molar-refractivity contribution in [2.45, 2.75) is 13.8 Å². The van der Waals surface area contributed by atoms with Crippen molar-refractivity contribution in [2.24, 2.45) is 5.92 Å². The Balaban J connectivity index is 2.04. The summed E-state index contributed by atoms with van der Waals surface area (Å²) >= 11 is 0. The molecule has 0 aliphatic carbocycles. The SMILES string of the molecule is CC(C)COc1nc(-c2cccc(F)c2)n(C(=O)c2ccccc2)n1. The minimum absolute atomic E-state index is 0.0947. The molecule has 128 valence electrons. The predicted molar refractivity (Wildman–Crippen MR) is 91.9 cm³/mol. The van der Waals surface area contributed by atoms with Crippen molar-refractivity contribution in [1.29, 1.82) is 0 Å². The molecule has 2 aromatic carbocycles. The van der Waals surface area contributed by atoms with E-state index in [-0.39, 0.29) is 23.7 Å². The number of carbonyl (C=O) groups excluding carboxylic acids is 1. The van der Waals surface area contributed by atoms with Crippen LogP contribution in [0.4, 0.5) is 4.39 Å². The van der Waals surface area contributed by atoms with Crippen LogP contribution in [0.15, 0.2) is 54.6 Å². The van der Waals surface area contributed by atoms with Crippen LogP contribution in [0.3, 0.4) is 0 Å². The molecule has 1 heterocycles. The van der Waals surface area contributed by atoms with E-state index in [1.54, 1.807) is 36.4 Å². The van der Waals surface area contributed by atoms with Gasteiger partial charge in [0.05, 0.1) is 6.61 Å². The monoisotopic (exact) mass is 339 g/mol. The number of halogens is 1. The summed E-state index contributed by atoms with van der Waals surface area (Å²) in [4.78, 5) is 17.1. The zero-order chi connectivity index (χ0) is 17.8. The molecule has 0 bridgehead atoms. The molecule has 0 unspecified atom stereocenters. The van der Waals surface area contributed by atoms with Crippen LogP contribution in [0.2, 0.25) is 0 Å². The van der Waals surface area contributed by atoms with Crippen LogP contribution in [-0.2, 0) is 0 Å². The third-order valence-corrected chi connectivity index (χ3v) is 3.43. The van der Waals surface area contributed by atoms with Gasteiger partial charge in [-0.2, -0.15) is 9.67 Å². The number of carbonyl (C=O) groups is 1. The molecule has 0 atom stereocenters. The third kappa shape index (κ3) is 3.91. The van der Waals surface area contributed by atoms with Gasteiger partial charge in [0.25, 0.3) is 5.91 Å². The summed E-state index contributed by atoms with van der Waals surface area (Å²) in [5.74, 6) is -0.239. The van der Waals surface area contributed by atoms with Gasteiger partial charge < -0.3 is 4.74 Å². The smallest absolute Gasteiger partial charge is 0.336 e. The number of aromatic nitrogens is 3. The Bertz CT molecular complexity index is 875. The van der Waals surface area contributed by atoms with Gasteiger partial charge in [0, 0.05) is 11.1 Å². The molecule has 0 saturated carbocycles.